The molecule has 1 N–H and O–H groups in total. The van der Waals surface area contributed by atoms with Crippen molar-refractivity contribution in [3.63, 3.8) is 0 Å². The average Bonchev–Trinajstić information content (AvgIpc) is 3.58. The van der Waals surface area contributed by atoms with Crippen molar-refractivity contribution in [2.75, 3.05) is 46.4 Å². The molecule has 1 aliphatic carbocycles. The number of alkyl halides is 2. The van der Waals surface area contributed by atoms with E-state index >= 15 is 0 Å². The molecule has 7 nitrogen and oxygen atoms in total. The number of carbonyl (C=O) groups is 1. The SMILES string of the molecule is CCC1([C@@H](O)[C@H](C)CC=C(C)C)[C@H](OC)[C@H](OC(=O)N2CCN(CC(F)F)CC2)CC[C@]12CO2. The van der Waals surface area contributed by atoms with Crippen LogP contribution in [-0.2, 0) is 14.2 Å². The summed E-state index contributed by atoms with van der Waals surface area (Å²) < 4.78 is 43.3. The van der Waals surface area contributed by atoms with Crippen LogP contribution in [0.2, 0.25) is 0 Å². The van der Waals surface area contributed by atoms with Crippen LogP contribution in [0.15, 0.2) is 11.6 Å². The largest absolute Gasteiger partial charge is 0.443 e. The summed E-state index contributed by atoms with van der Waals surface area (Å²) in [6.45, 7) is 9.96. The van der Waals surface area contributed by atoms with Crippen LogP contribution < -0.4 is 0 Å². The Hall–Kier alpha value is -1.29. The monoisotopic (exact) mass is 488 g/mol. The van der Waals surface area contributed by atoms with Crippen molar-refractivity contribution in [3.05, 3.63) is 11.6 Å². The van der Waals surface area contributed by atoms with E-state index in [2.05, 4.69) is 6.08 Å². The summed E-state index contributed by atoms with van der Waals surface area (Å²) in [4.78, 5) is 16.2. The highest BCUT2D eigenvalue weighted by molar-refractivity contribution is 5.68. The smallest absolute Gasteiger partial charge is 0.410 e. The molecule has 3 aliphatic rings. The molecule has 0 aromatic carbocycles. The van der Waals surface area contributed by atoms with Crippen LogP contribution in [-0.4, -0.2) is 97.8 Å². The first kappa shape index (κ1) is 27.3. The maximum absolute atomic E-state index is 13.0. The van der Waals surface area contributed by atoms with Crippen molar-refractivity contribution in [2.45, 2.75) is 83.7 Å². The van der Waals surface area contributed by atoms with Gasteiger partial charge in [-0.3, -0.25) is 4.90 Å². The molecule has 2 heterocycles. The van der Waals surface area contributed by atoms with Gasteiger partial charge in [0, 0.05) is 33.3 Å². The molecule has 9 heteroatoms. The van der Waals surface area contributed by atoms with Crippen LogP contribution in [0.4, 0.5) is 13.6 Å². The van der Waals surface area contributed by atoms with Crippen LogP contribution in [0, 0.1) is 11.3 Å². The quantitative estimate of drug-likeness (QED) is 0.394. The van der Waals surface area contributed by atoms with Gasteiger partial charge in [0.05, 0.1) is 24.7 Å². The third-order valence-corrected chi connectivity index (χ3v) is 8.10. The summed E-state index contributed by atoms with van der Waals surface area (Å²) in [6.07, 6.45) is 0.227. The zero-order valence-electron chi connectivity index (χ0n) is 21.3. The number of nitrogens with zero attached hydrogens (tertiary/aromatic N) is 2. The number of aliphatic hydroxyl groups excluding tert-OH is 1. The Morgan fingerprint density at radius 2 is 1.91 bits per heavy atom. The Bertz CT molecular complexity index is 720. The van der Waals surface area contributed by atoms with E-state index in [-0.39, 0.29) is 12.5 Å². The van der Waals surface area contributed by atoms with Crippen LogP contribution in [0.1, 0.15) is 53.4 Å². The third-order valence-electron chi connectivity index (χ3n) is 8.10. The predicted octanol–water partition coefficient (Wildman–Crippen LogP) is 3.70. The first-order chi connectivity index (χ1) is 16.1. The van der Waals surface area contributed by atoms with E-state index in [1.807, 2.05) is 27.7 Å². The fourth-order valence-corrected chi connectivity index (χ4v) is 6.07. The molecule has 1 spiro atoms. The van der Waals surface area contributed by atoms with Gasteiger partial charge in [-0.25, -0.2) is 13.6 Å². The van der Waals surface area contributed by atoms with Gasteiger partial charge in [-0.15, -0.1) is 0 Å². The van der Waals surface area contributed by atoms with Crippen molar-refractivity contribution < 1.29 is 32.9 Å². The summed E-state index contributed by atoms with van der Waals surface area (Å²) in [6, 6.07) is 0. The zero-order valence-corrected chi connectivity index (χ0v) is 21.3. The Labute approximate surface area is 202 Å². The van der Waals surface area contributed by atoms with Crippen LogP contribution >= 0.6 is 0 Å². The summed E-state index contributed by atoms with van der Waals surface area (Å²) in [5.74, 6) is -0.0223. The van der Waals surface area contributed by atoms with E-state index in [0.29, 0.717) is 52.0 Å². The van der Waals surface area contributed by atoms with Crippen LogP contribution in [0.5, 0.6) is 0 Å². The number of epoxide rings is 1. The molecular weight excluding hydrogens is 446 g/mol. The Balaban J connectivity index is 1.73. The highest BCUT2D eigenvalue weighted by Gasteiger charge is 2.71. The number of amides is 1. The number of carbonyl (C=O) groups excluding carboxylic acids is 1. The number of hydrogen-bond donors (Lipinski definition) is 1. The van der Waals surface area contributed by atoms with Crippen LogP contribution in [0.25, 0.3) is 0 Å². The summed E-state index contributed by atoms with van der Waals surface area (Å²) in [5.41, 5.74) is 0.0371. The van der Waals surface area contributed by atoms with Crippen molar-refractivity contribution >= 4 is 6.09 Å². The highest BCUT2D eigenvalue weighted by Crippen LogP contribution is 2.60. The molecule has 1 amide bonds. The van der Waals surface area contributed by atoms with E-state index in [4.69, 9.17) is 14.2 Å². The summed E-state index contributed by atoms with van der Waals surface area (Å²) in [7, 11) is 1.61. The average molecular weight is 489 g/mol. The van der Waals surface area contributed by atoms with Crippen molar-refractivity contribution in [3.8, 4) is 0 Å². The molecule has 1 unspecified atom stereocenters. The lowest BCUT2D eigenvalue weighted by atomic mass is 9.56. The van der Waals surface area contributed by atoms with Gasteiger partial charge in [0.15, 0.2) is 0 Å². The van der Waals surface area contributed by atoms with Crippen molar-refractivity contribution in [2.24, 2.45) is 11.3 Å². The molecule has 34 heavy (non-hydrogen) atoms. The van der Waals surface area contributed by atoms with E-state index in [1.54, 1.807) is 16.9 Å². The molecule has 3 fully saturated rings. The first-order valence-electron chi connectivity index (χ1n) is 12.5. The van der Waals surface area contributed by atoms with Crippen molar-refractivity contribution in [1.29, 1.82) is 0 Å². The molecule has 0 aromatic heterocycles. The molecule has 2 aliphatic heterocycles. The number of hydrogen-bond acceptors (Lipinski definition) is 6. The number of aliphatic hydroxyl groups is 1. The number of halogens is 2. The lowest BCUT2D eigenvalue weighted by Crippen LogP contribution is -2.65. The molecule has 196 valence electrons. The summed E-state index contributed by atoms with van der Waals surface area (Å²) in [5, 5.41) is 11.7. The fourth-order valence-electron chi connectivity index (χ4n) is 6.07. The lowest BCUT2D eigenvalue weighted by Gasteiger charge is -2.54. The topological polar surface area (TPSA) is 74.8 Å². The van der Waals surface area contributed by atoms with Gasteiger partial charge < -0.3 is 24.2 Å². The number of methoxy groups -OCH3 is 1. The lowest BCUT2D eigenvalue weighted by molar-refractivity contribution is -0.205. The molecular formula is C25H42F2N2O5. The second-order valence-corrected chi connectivity index (χ2v) is 10.4. The van der Waals surface area contributed by atoms with Gasteiger partial charge in [0.25, 0.3) is 6.43 Å². The number of ether oxygens (including phenoxy) is 3. The van der Waals surface area contributed by atoms with E-state index in [0.717, 1.165) is 6.42 Å². The van der Waals surface area contributed by atoms with Crippen molar-refractivity contribution in [1.82, 2.24) is 9.80 Å². The minimum absolute atomic E-state index is 0.0223. The fraction of sp³-hybridized carbons (Fsp3) is 0.880. The highest BCUT2D eigenvalue weighted by atomic mass is 19.3. The molecule has 1 saturated carbocycles. The number of allylic oxidation sites excluding steroid dienone is 2. The van der Waals surface area contributed by atoms with Gasteiger partial charge in [-0.1, -0.05) is 25.5 Å². The first-order valence-corrected chi connectivity index (χ1v) is 12.5. The third kappa shape index (κ3) is 5.42. The minimum Gasteiger partial charge on any atom is -0.443 e. The minimum atomic E-state index is -2.38. The van der Waals surface area contributed by atoms with E-state index in [1.165, 1.54) is 5.57 Å². The molecule has 3 rings (SSSR count). The van der Waals surface area contributed by atoms with Gasteiger partial charge in [-0.05, 0) is 45.4 Å². The second-order valence-electron chi connectivity index (χ2n) is 10.4. The number of rotatable bonds is 9. The predicted molar refractivity (Wildman–Crippen MR) is 125 cm³/mol. The summed E-state index contributed by atoms with van der Waals surface area (Å²) >= 11 is 0. The van der Waals surface area contributed by atoms with Crippen LogP contribution in [0.3, 0.4) is 0 Å². The van der Waals surface area contributed by atoms with E-state index < -0.39 is 41.8 Å². The second kappa shape index (κ2) is 11.2. The Morgan fingerprint density at radius 1 is 1.26 bits per heavy atom. The Morgan fingerprint density at radius 3 is 2.41 bits per heavy atom. The zero-order chi connectivity index (χ0) is 25.1. The maximum atomic E-state index is 13.0. The van der Waals surface area contributed by atoms with E-state index in [9.17, 15) is 18.7 Å². The van der Waals surface area contributed by atoms with Gasteiger partial charge in [0.2, 0.25) is 0 Å². The van der Waals surface area contributed by atoms with Gasteiger partial charge >= 0.3 is 6.09 Å². The number of piperazine rings is 1. The van der Waals surface area contributed by atoms with Gasteiger partial charge in [-0.2, -0.15) is 0 Å². The maximum Gasteiger partial charge on any atom is 0.410 e. The molecule has 0 bridgehead atoms. The van der Waals surface area contributed by atoms with Gasteiger partial charge in [0.1, 0.15) is 17.8 Å². The normalized spacial score (nSPS) is 33.6. The standard InChI is InChI=1S/C25H42F2N2O5/c1-6-25(21(30)18(4)8-7-17(2)3)22(32-5)19(9-10-24(25)16-33-24)34-23(31)29-13-11-28(12-14-29)15-20(26)27/h7,18-22,30H,6,8-16H2,1-5H3/t18-,19-,21+,22-,24+,25?/m1/s1. The molecule has 6 atom stereocenters. The Kier molecular flexibility index (Phi) is 8.98. The molecule has 0 radical (unpaired) electrons. The molecule has 0 aromatic rings. The molecule has 2 saturated heterocycles.